The van der Waals surface area contributed by atoms with Gasteiger partial charge in [0, 0.05) is 17.1 Å². The smallest absolute Gasteiger partial charge is 0.152 e. The zero-order chi connectivity index (χ0) is 7.68. The minimum Gasteiger partial charge on any atom is -0.462 e. The van der Waals surface area contributed by atoms with Crippen molar-refractivity contribution in [2.75, 3.05) is 0 Å². The van der Waals surface area contributed by atoms with Crippen molar-refractivity contribution in [2.45, 2.75) is 5.88 Å². The Morgan fingerprint density at radius 3 is 3.08 bits per heavy atom. The lowest BCUT2D eigenvalue weighted by Crippen LogP contribution is -1.73. The third kappa shape index (κ3) is 1.40. The van der Waals surface area contributed by atoms with Crippen molar-refractivity contribution in [3.63, 3.8) is 0 Å². The summed E-state index contributed by atoms with van der Waals surface area (Å²) in [6.45, 7) is 0. The molecular formula is C8H7Cl2NO. The largest absolute Gasteiger partial charge is 0.462 e. The fourth-order valence-corrected chi connectivity index (χ4v) is 1.25. The van der Waals surface area contributed by atoms with Crippen molar-refractivity contribution in [1.29, 1.82) is 0 Å². The number of alkyl halides is 1. The summed E-state index contributed by atoms with van der Waals surface area (Å²) in [6.07, 6.45) is 5.08. The summed E-state index contributed by atoms with van der Waals surface area (Å²) in [4.78, 5) is 3.92. The Morgan fingerprint density at radius 1 is 1.50 bits per heavy atom. The zero-order valence-corrected chi connectivity index (χ0v) is 7.73. The molecule has 0 bridgehead atoms. The molecule has 0 aromatic carbocycles. The minimum atomic E-state index is 0. The standard InChI is InChI=1S/C8H6ClNO.ClH/c9-3-6-5-11-8-4-10-2-1-7(6)8;/h1-2,4-5H,3H2;1H. The number of rotatable bonds is 1. The van der Waals surface area contributed by atoms with Crippen LogP contribution in [0.1, 0.15) is 5.56 Å². The first-order valence-electron chi connectivity index (χ1n) is 3.28. The lowest BCUT2D eigenvalue weighted by Gasteiger charge is -1.87. The predicted molar refractivity (Wildman–Crippen MR) is 50.8 cm³/mol. The van der Waals surface area contributed by atoms with Gasteiger partial charge in [0.15, 0.2) is 5.58 Å². The van der Waals surface area contributed by atoms with Gasteiger partial charge in [0.1, 0.15) is 0 Å². The molecule has 0 unspecified atom stereocenters. The molecule has 0 radical (unpaired) electrons. The normalized spacial score (nSPS) is 9.75. The number of hydrogen-bond donors (Lipinski definition) is 0. The molecule has 0 N–H and O–H groups in total. The summed E-state index contributed by atoms with van der Waals surface area (Å²) < 4.78 is 5.19. The van der Waals surface area contributed by atoms with Crippen LogP contribution in [0, 0.1) is 0 Å². The van der Waals surface area contributed by atoms with Gasteiger partial charge >= 0.3 is 0 Å². The highest BCUT2D eigenvalue weighted by molar-refractivity contribution is 6.17. The zero-order valence-electron chi connectivity index (χ0n) is 6.16. The molecule has 4 heteroatoms. The highest BCUT2D eigenvalue weighted by atomic mass is 35.5. The highest BCUT2D eigenvalue weighted by Gasteiger charge is 2.02. The second kappa shape index (κ2) is 3.78. The van der Waals surface area contributed by atoms with Crippen LogP contribution in [-0.2, 0) is 5.88 Å². The summed E-state index contributed by atoms with van der Waals surface area (Å²) in [6, 6.07) is 1.90. The van der Waals surface area contributed by atoms with E-state index in [0.29, 0.717) is 5.88 Å². The third-order valence-corrected chi connectivity index (χ3v) is 1.89. The van der Waals surface area contributed by atoms with Gasteiger partial charge in [-0.25, -0.2) is 0 Å². The van der Waals surface area contributed by atoms with E-state index in [1.807, 2.05) is 6.07 Å². The molecule has 2 aromatic rings. The topological polar surface area (TPSA) is 26.0 Å². The Balaban J connectivity index is 0.000000720. The van der Waals surface area contributed by atoms with Crippen molar-refractivity contribution in [3.05, 3.63) is 30.3 Å². The minimum absolute atomic E-state index is 0. The number of pyridine rings is 1. The first-order chi connectivity index (χ1) is 5.42. The molecule has 0 aliphatic heterocycles. The van der Waals surface area contributed by atoms with E-state index in [0.717, 1.165) is 16.5 Å². The van der Waals surface area contributed by atoms with Crippen molar-refractivity contribution in [1.82, 2.24) is 4.98 Å². The average Bonchev–Trinajstić information content (AvgIpc) is 2.47. The molecule has 0 atom stereocenters. The Hall–Kier alpha value is -0.730. The van der Waals surface area contributed by atoms with Crippen LogP contribution in [0.3, 0.4) is 0 Å². The van der Waals surface area contributed by atoms with Gasteiger partial charge in [-0.1, -0.05) is 0 Å². The van der Waals surface area contributed by atoms with Crippen LogP contribution in [0.25, 0.3) is 11.0 Å². The second-order valence-corrected chi connectivity index (χ2v) is 2.53. The van der Waals surface area contributed by atoms with E-state index in [2.05, 4.69) is 4.98 Å². The lowest BCUT2D eigenvalue weighted by atomic mass is 10.2. The number of aromatic nitrogens is 1. The van der Waals surface area contributed by atoms with Crippen molar-refractivity contribution in [2.24, 2.45) is 0 Å². The number of fused-ring (bicyclic) bond motifs is 1. The van der Waals surface area contributed by atoms with E-state index < -0.39 is 0 Å². The van der Waals surface area contributed by atoms with E-state index >= 15 is 0 Å². The molecule has 0 spiro atoms. The van der Waals surface area contributed by atoms with Gasteiger partial charge < -0.3 is 4.42 Å². The van der Waals surface area contributed by atoms with Crippen LogP contribution < -0.4 is 0 Å². The summed E-state index contributed by atoms with van der Waals surface area (Å²) in [7, 11) is 0. The summed E-state index contributed by atoms with van der Waals surface area (Å²) in [5.41, 5.74) is 1.81. The first-order valence-corrected chi connectivity index (χ1v) is 3.81. The number of furan rings is 1. The lowest BCUT2D eigenvalue weighted by molar-refractivity contribution is 0.611. The molecule has 0 aliphatic carbocycles. The molecule has 12 heavy (non-hydrogen) atoms. The molecule has 0 saturated heterocycles. The van der Waals surface area contributed by atoms with Crippen molar-refractivity contribution < 1.29 is 4.42 Å². The van der Waals surface area contributed by atoms with Gasteiger partial charge in [0.2, 0.25) is 0 Å². The van der Waals surface area contributed by atoms with E-state index in [1.54, 1.807) is 18.7 Å². The number of nitrogens with zero attached hydrogens (tertiary/aromatic N) is 1. The summed E-state index contributed by atoms with van der Waals surface area (Å²) >= 11 is 5.67. The van der Waals surface area contributed by atoms with E-state index in [9.17, 15) is 0 Å². The van der Waals surface area contributed by atoms with Gasteiger partial charge in [-0.2, -0.15) is 0 Å². The van der Waals surface area contributed by atoms with E-state index in [1.165, 1.54) is 0 Å². The van der Waals surface area contributed by atoms with Gasteiger partial charge in [-0.15, -0.1) is 24.0 Å². The maximum absolute atomic E-state index is 5.67. The third-order valence-electron chi connectivity index (χ3n) is 1.60. The van der Waals surface area contributed by atoms with E-state index in [4.69, 9.17) is 16.0 Å². The molecule has 0 amide bonds. The van der Waals surface area contributed by atoms with Crippen LogP contribution in [0.5, 0.6) is 0 Å². The van der Waals surface area contributed by atoms with Crippen molar-refractivity contribution in [3.8, 4) is 0 Å². The molecule has 2 nitrogen and oxygen atoms in total. The van der Waals surface area contributed by atoms with Gasteiger partial charge in [0.05, 0.1) is 18.3 Å². The Kier molecular flexibility index (Phi) is 2.95. The number of hydrogen-bond acceptors (Lipinski definition) is 2. The van der Waals surface area contributed by atoms with Gasteiger partial charge in [0.25, 0.3) is 0 Å². The molecule has 2 aromatic heterocycles. The molecule has 64 valence electrons. The second-order valence-electron chi connectivity index (χ2n) is 2.27. The fraction of sp³-hybridized carbons (Fsp3) is 0.125. The Morgan fingerprint density at radius 2 is 2.33 bits per heavy atom. The molecule has 2 heterocycles. The maximum atomic E-state index is 5.67. The van der Waals surface area contributed by atoms with Crippen LogP contribution in [0.15, 0.2) is 29.1 Å². The molecular weight excluding hydrogens is 197 g/mol. The predicted octanol–water partition coefficient (Wildman–Crippen LogP) is 2.99. The van der Waals surface area contributed by atoms with Crippen molar-refractivity contribution >= 4 is 35.0 Å². The Bertz CT molecular complexity index is 372. The van der Waals surface area contributed by atoms with Crippen LogP contribution in [0.4, 0.5) is 0 Å². The average molecular weight is 204 g/mol. The molecule has 0 aliphatic rings. The number of halogens is 2. The fourth-order valence-electron chi connectivity index (χ4n) is 1.04. The SMILES string of the molecule is Cl.ClCc1coc2cnccc12. The highest BCUT2D eigenvalue weighted by Crippen LogP contribution is 2.20. The summed E-state index contributed by atoms with van der Waals surface area (Å²) in [5.74, 6) is 0.483. The van der Waals surface area contributed by atoms with Gasteiger partial charge in [-0.3, -0.25) is 4.98 Å². The van der Waals surface area contributed by atoms with Crippen LogP contribution in [-0.4, -0.2) is 4.98 Å². The monoisotopic (exact) mass is 203 g/mol. The van der Waals surface area contributed by atoms with Gasteiger partial charge in [-0.05, 0) is 6.07 Å². The molecule has 0 saturated carbocycles. The maximum Gasteiger partial charge on any atom is 0.152 e. The van der Waals surface area contributed by atoms with Crippen LogP contribution in [0.2, 0.25) is 0 Å². The Labute approximate surface area is 80.9 Å². The van der Waals surface area contributed by atoms with Crippen LogP contribution >= 0.6 is 24.0 Å². The first kappa shape index (κ1) is 9.36. The quantitative estimate of drug-likeness (QED) is 0.667. The van der Waals surface area contributed by atoms with E-state index in [-0.39, 0.29) is 12.4 Å². The molecule has 2 rings (SSSR count). The molecule has 0 fully saturated rings. The summed E-state index contributed by atoms with van der Waals surface area (Å²) in [5, 5.41) is 1.05.